The molecule has 0 spiro atoms. The van der Waals surface area contributed by atoms with Gasteiger partial charge in [0.1, 0.15) is 11.6 Å². The number of aryl methyl sites for hydroxylation is 1. The second kappa shape index (κ2) is 4.87. The first-order chi connectivity index (χ1) is 8.08. The number of hydrogen-bond acceptors (Lipinski definition) is 1. The summed E-state index contributed by atoms with van der Waals surface area (Å²) in [5.74, 6) is -1.20. The van der Waals surface area contributed by atoms with E-state index < -0.39 is 11.6 Å². The first-order valence-corrected chi connectivity index (χ1v) is 5.86. The number of halogens is 3. The van der Waals surface area contributed by atoms with Gasteiger partial charge in [-0.15, -0.1) is 0 Å². The smallest absolute Gasteiger partial charge is 0.150 e. The Morgan fingerprint density at radius 2 is 2.12 bits per heavy atom. The topological polar surface area (TPSA) is 17.0 Å². The van der Waals surface area contributed by atoms with Crippen molar-refractivity contribution in [2.75, 3.05) is 5.32 Å². The Bertz CT molecular complexity index is 514. The number of benzene rings is 1. The zero-order valence-corrected chi connectivity index (χ0v) is 10.8. The molecule has 0 aliphatic carbocycles. The molecule has 0 fully saturated rings. The molecule has 0 amide bonds. The van der Waals surface area contributed by atoms with Crippen LogP contribution in [0, 0.1) is 11.6 Å². The Hall–Kier alpha value is -1.36. The van der Waals surface area contributed by atoms with Crippen LogP contribution in [0.2, 0.25) is 0 Å². The fraction of sp³-hybridized carbons (Fsp3) is 0.167. The zero-order valence-electron chi connectivity index (χ0n) is 9.17. The number of hydrogen-bond donors (Lipinski definition) is 1. The predicted octanol–water partition coefficient (Wildman–Crippen LogP) is 3.68. The minimum Gasteiger partial charge on any atom is -0.376 e. The van der Waals surface area contributed by atoms with Crippen molar-refractivity contribution >= 4 is 21.6 Å². The van der Waals surface area contributed by atoms with Gasteiger partial charge in [-0.25, -0.2) is 8.78 Å². The van der Waals surface area contributed by atoms with Crippen molar-refractivity contribution in [3.8, 4) is 0 Å². The lowest BCUT2D eigenvalue weighted by atomic mass is 10.3. The van der Waals surface area contributed by atoms with Gasteiger partial charge in [-0.3, -0.25) is 0 Å². The van der Waals surface area contributed by atoms with Gasteiger partial charge in [0.05, 0.1) is 12.2 Å². The predicted molar refractivity (Wildman–Crippen MR) is 66.8 cm³/mol. The van der Waals surface area contributed by atoms with E-state index in [1.807, 2.05) is 29.9 Å². The van der Waals surface area contributed by atoms with Crippen LogP contribution in [0.1, 0.15) is 5.69 Å². The van der Waals surface area contributed by atoms with Crippen molar-refractivity contribution in [1.82, 2.24) is 4.57 Å². The van der Waals surface area contributed by atoms with Crippen LogP contribution in [0.15, 0.2) is 34.9 Å². The van der Waals surface area contributed by atoms with Gasteiger partial charge < -0.3 is 9.88 Å². The van der Waals surface area contributed by atoms with Crippen molar-refractivity contribution in [2.45, 2.75) is 6.54 Å². The third-order valence-corrected chi connectivity index (χ3v) is 3.13. The van der Waals surface area contributed by atoms with Crippen LogP contribution in [0.3, 0.4) is 0 Å². The maximum absolute atomic E-state index is 13.5. The molecule has 0 saturated carbocycles. The Morgan fingerprint density at radius 3 is 2.71 bits per heavy atom. The molecule has 0 saturated heterocycles. The summed E-state index contributed by atoms with van der Waals surface area (Å²) >= 11 is 3.13. The summed E-state index contributed by atoms with van der Waals surface area (Å²) in [5.41, 5.74) is 1.29. The summed E-state index contributed by atoms with van der Waals surface area (Å²) in [5, 5.41) is 2.94. The van der Waals surface area contributed by atoms with E-state index in [9.17, 15) is 8.78 Å². The van der Waals surface area contributed by atoms with Crippen LogP contribution in [0.5, 0.6) is 0 Å². The molecular formula is C12H11BrF2N2. The monoisotopic (exact) mass is 300 g/mol. The molecule has 0 bridgehead atoms. The second-order valence-electron chi connectivity index (χ2n) is 3.71. The fourth-order valence-electron chi connectivity index (χ4n) is 1.57. The molecule has 0 radical (unpaired) electrons. The van der Waals surface area contributed by atoms with Gasteiger partial charge in [-0.1, -0.05) is 0 Å². The van der Waals surface area contributed by atoms with Crippen LogP contribution < -0.4 is 5.32 Å². The summed E-state index contributed by atoms with van der Waals surface area (Å²) in [4.78, 5) is 0. The lowest BCUT2D eigenvalue weighted by Crippen LogP contribution is -2.06. The van der Waals surface area contributed by atoms with E-state index in [4.69, 9.17) is 0 Å². The highest BCUT2D eigenvalue weighted by atomic mass is 79.9. The number of rotatable bonds is 3. The molecule has 17 heavy (non-hydrogen) atoms. The SMILES string of the molecule is Cn1cccc1CNc1c(F)cc(F)cc1Br. The maximum atomic E-state index is 13.5. The third kappa shape index (κ3) is 2.66. The normalized spacial score (nSPS) is 10.6. The molecule has 0 atom stereocenters. The van der Waals surface area contributed by atoms with Crippen LogP contribution in [0.4, 0.5) is 14.5 Å². The maximum Gasteiger partial charge on any atom is 0.150 e. The molecule has 1 aromatic carbocycles. The van der Waals surface area contributed by atoms with E-state index in [2.05, 4.69) is 21.2 Å². The van der Waals surface area contributed by atoms with Gasteiger partial charge in [0, 0.05) is 29.5 Å². The Balaban J connectivity index is 2.17. The van der Waals surface area contributed by atoms with Crippen molar-refractivity contribution in [3.63, 3.8) is 0 Å². The van der Waals surface area contributed by atoms with E-state index in [0.717, 1.165) is 11.8 Å². The Labute approximate surface area is 106 Å². The average Bonchev–Trinajstić information content (AvgIpc) is 2.62. The quantitative estimate of drug-likeness (QED) is 0.915. The average molecular weight is 301 g/mol. The van der Waals surface area contributed by atoms with Crippen LogP contribution in [-0.2, 0) is 13.6 Å². The van der Waals surface area contributed by atoms with Gasteiger partial charge in [0.15, 0.2) is 0 Å². The molecule has 0 aliphatic heterocycles. The van der Waals surface area contributed by atoms with Crippen molar-refractivity contribution in [2.24, 2.45) is 7.05 Å². The number of nitrogens with one attached hydrogen (secondary N) is 1. The van der Waals surface area contributed by atoms with E-state index in [-0.39, 0.29) is 5.69 Å². The van der Waals surface area contributed by atoms with E-state index in [1.165, 1.54) is 6.07 Å². The summed E-state index contributed by atoms with van der Waals surface area (Å²) in [6.07, 6.45) is 1.91. The fourth-order valence-corrected chi connectivity index (χ4v) is 2.12. The van der Waals surface area contributed by atoms with Crippen molar-refractivity contribution in [1.29, 1.82) is 0 Å². The third-order valence-electron chi connectivity index (χ3n) is 2.50. The molecule has 90 valence electrons. The van der Waals surface area contributed by atoms with E-state index in [0.29, 0.717) is 11.0 Å². The van der Waals surface area contributed by atoms with Crippen molar-refractivity contribution < 1.29 is 8.78 Å². The molecule has 2 aromatic rings. The number of aromatic nitrogens is 1. The minimum atomic E-state index is -0.605. The standard InChI is InChI=1S/C12H11BrF2N2/c1-17-4-2-3-9(17)7-16-12-10(13)5-8(14)6-11(12)15/h2-6,16H,7H2,1H3. The molecule has 2 nitrogen and oxygen atoms in total. The molecular weight excluding hydrogens is 290 g/mol. The lowest BCUT2D eigenvalue weighted by Gasteiger charge is -2.10. The van der Waals surface area contributed by atoms with Gasteiger partial charge in [0.2, 0.25) is 0 Å². The van der Waals surface area contributed by atoms with Crippen LogP contribution >= 0.6 is 15.9 Å². The highest BCUT2D eigenvalue weighted by Crippen LogP contribution is 2.27. The highest BCUT2D eigenvalue weighted by Gasteiger charge is 2.09. The van der Waals surface area contributed by atoms with Crippen LogP contribution in [0.25, 0.3) is 0 Å². The Kier molecular flexibility index (Phi) is 3.47. The summed E-state index contributed by atoms with van der Waals surface area (Å²) in [7, 11) is 1.91. The number of anilines is 1. The van der Waals surface area contributed by atoms with Gasteiger partial charge in [-0.2, -0.15) is 0 Å². The second-order valence-corrected chi connectivity index (χ2v) is 4.56. The molecule has 0 aliphatic rings. The van der Waals surface area contributed by atoms with Gasteiger partial charge in [0.25, 0.3) is 0 Å². The molecule has 1 heterocycles. The molecule has 5 heteroatoms. The molecule has 0 unspecified atom stereocenters. The zero-order chi connectivity index (χ0) is 12.4. The largest absolute Gasteiger partial charge is 0.376 e. The highest BCUT2D eigenvalue weighted by molar-refractivity contribution is 9.10. The Morgan fingerprint density at radius 1 is 1.35 bits per heavy atom. The molecule has 1 N–H and O–H groups in total. The molecule has 2 rings (SSSR count). The summed E-state index contributed by atoms with van der Waals surface area (Å²) in [6.45, 7) is 0.477. The lowest BCUT2D eigenvalue weighted by molar-refractivity contribution is 0.583. The first kappa shape index (κ1) is 12.1. The first-order valence-electron chi connectivity index (χ1n) is 5.06. The number of nitrogens with zero attached hydrogens (tertiary/aromatic N) is 1. The minimum absolute atomic E-state index is 0.271. The molecule has 1 aromatic heterocycles. The van der Waals surface area contributed by atoms with E-state index >= 15 is 0 Å². The summed E-state index contributed by atoms with van der Waals surface area (Å²) in [6, 6.07) is 5.93. The van der Waals surface area contributed by atoms with E-state index in [1.54, 1.807) is 0 Å². The summed E-state index contributed by atoms with van der Waals surface area (Å²) < 4.78 is 28.7. The van der Waals surface area contributed by atoms with Gasteiger partial charge in [-0.05, 0) is 34.1 Å². The van der Waals surface area contributed by atoms with Gasteiger partial charge >= 0.3 is 0 Å². The van der Waals surface area contributed by atoms with Crippen molar-refractivity contribution in [3.05, 3.63) is 52.3 Å². The van der Waals surface area contributed by atoms with Crippen LogP contribution in [-0.4, -0.2) is 4.57 Å².